The number of aromatic nitrogens is 3. The molecular formula is C25H22N6O. The molecule has 1 atom stereocenters. The van der Waals surface area contributed by atoms with Gasteiger partial charge < -0.3 is 10.6 Å². The second kappa shape index (κ2) is 10.2. The molecule has 0 aliphatic rings. The van der Waals surface area contributed by atoms with Gasteiger partial charge in [0.2, 0.25) is 5.91 Å². The average molecular weight is 422 g/mol. The van der Waals surface area contributed by atoms with Crippen molar-refractivity contribution in [2.75, 3.05) is 11.9 Å². The molecule has 1 amide bonds. The Balaban J connectivity index is 1.42. The minimum Gasteiger partial charge on any atom is -0.309 e. The second-order valence-electron chi connectivity index (χ2n) is 7.26. The average Bonchev–Trinajstić information content (AvgIpc) is 3.38. The van der Waals surface area contributed by atoms with Crippen LogP contribution in [0.4, 0.5) is 5.82 Å². The van der Waals surface area contributed by atoms with Crippen LogP contribution in [0, 0.1) is 11.3 Å². The zero-order chi connectivity index (χ0) is 22.2. The smallest absolute Gasteiger partial charge is 0.247 e. The molecule has 0 fully saturated rings. The lowest BCUT2D eigenvalue weighted by Crippen LogP contribution is -2.34. The fourth-order valence-electron chi connectivity index (χ4n) is 3.36. The van der Waals surface area contributed by atoms with Crippen molar-refractivity contribution in [3.8, 4) is 17.2 Å². The summed E-state index contributed by atoms with van der Waals surface area (Å²) in [5, 5.41) is 21.9. The van der Waals surface area contributed by atoms with E-state index in [0.717, 1.165) is 28.7 Å². The van der Waals surface area contributed by atoms with Crippen LogP contribution >= 0.6 is 0 Å². The van der Waals surface area contributed by atoms with Gasteiger partial charge in [-0.05, 0) is 41.8 Å². The van der Waals surface area contributed by atoms with E-state index < -0.39 is 6.04 Å². The van der Waals surface area contributed by atoms with Crippen molar-refractivity contribution in [2.24, 2.45) is 0 Å². The van der Waals surface area contributed by atoms with Gasteiger partial charge in [0.15, 0.2) is 0 Å². The summed E-state index contributed by atoms with van der Waals surface area (Å²) in [7, 11) is 0. The van der Waals surface area contributed by atoms with Crippen molar-refractivity contribution in [1.29, 1.82) is 5.26 Å². The lowest BCUT2D eigenvalue weighted by Gasteiger charge is -2.19. The molecule has 158 valence electrons. The van der Waals surface area contributed by atoms with Gasteiger partial charge >= 0.3 is 0 Å². The number of aromatic amines is 1. The molecule has 0 aliphatic heterocycles. The predicted molar refractivity (Wildman–Crippen MR) is 122 cm³/mol. The van der Waals surface area contributed by atoms with Gasteiger partial charge in [0.05, 0.1) is 17.8 Å². The highest BCUT2D eigenvalue weighted by molar-refractivity contribution is 5.94. The van der Waals surface area contributed by atoms with E-state index in [1.165, 1.54) is 0 Å². The number of hydrogen-bond donors (Lipinski definition) is 3. The number of hydrogen-bond acceptors (Lipinski definition) is 5. The maximum Gasteiger partial charge on any atom is 0.247 e. The summed E-state index contributed by atoms with van der Waals surface area (Å²) in [6.45, 7) is 0.603. The summed E-state index contributed by atoms with van der Waals surface area (Å²) < 4.78 is 0. The first-order chi connectivity index (χ1) is 15.7. The van der Waals surface area contributed by atoms with Crippen molar-refractivity contribution in [2.45, 2.75) is 12.5 Å². The zero-order valence-corrected chi connectivity index (χ0v) is 17.3. The lowest BCUT2D eigenvalue weighted by atomic mass is 10.0. The number of carbonyl (C=O) groups is 1. The molecule has 0 bridgehead atoms. The molecule has 7 nitrogen and oxygen atoms in total. The molecule has 0 aliphatic carbocycles. The third-order valence-corrected chi connectivity index (χ3v) is 5.09. The van der Waals surface area contributed by atoms with Crippen molar-refractivity contribution in [1.82, 2.24) is 20.5 Å². The molecule has 3 N–H and O–H groups in total. The minimum absolute atomic E-state index is 0.181. The van der Waals surface area contributed by atoms with Crippen molar-refractivity contribution < 1.29 is 4.79 Å². The summed E-state index contributed by atoms with van der Waals surface area (Å²) in [5.74, 6) is 0.302. The molecule has 0 radical (unpaired) electrons. The standard InChI is InChI=1S/C25H22N6O/c26-14-19-8-6-18(7-9-19)12-13-27-24(20-4-2-1-3-5-20)25(32)31-23-11-10-21(15-28-23)22-16-29-30-17-22/h1-11,15-17,24,27H,12-13H2,(H,29,30)(H,28,31,32)/t24-/m1/s1. The summed E-state index contributed by atoms with van der Waals surface area (Å²) in [4.78, 5) is 17.5. The van der Waals surface area contributed by atoms with Crippen LogP contribution in [-0.4, -0.2) is 27.6 Å². The summed E-state index contributed by atoms with van der Waals surface area (Å²) in [6, 6.07) is 22.3. The Kier molecular flexibility index (Phi) is 6.66. The number of nitrogens with zero attached hydrogens (tertiary/aromatic N) is 3. The lowest BCUT2D eigenvalue weighted by molar-refractivity contribution is -0.118. The Labute approximate surface area is 186 Å². The van der Waals surface area contributed by atoms with E-state index in [4.69, 9.17) is 5.26 Å². The van der Waals surface area contributed by atoms with E-state index in [9.17, 15) is 4.79 Å². The molecule has 2 aromatic heterocycles. The fourth-order valence-corrected chi connectivity index (χ4v) is 3.36. The van der Waals surface area contributed by atoms with Crippen LogP contribution in [-0.2, 0) is 11.2 Å². The number of nitrogens with one attached hydrogen (secondary N) is 3. The highest BCUT2D eigenvalue weighted by Crippen LogP contribution is 2.19. The number of benzene rings is 2. The number of rotatable bonds is 8. The third kappa shape index (κ3) is 5.25. The van der Waals surface area contributed by atoms with Crippen molar-refractivity contribution in [3.63, 3.8) is 0 Å². The normalized spacial score (nSPS) is 11.5. The Morgan fingerprint density at radius 2 is 1.81 bits per heavy atom. The van der Waals surface area contributed by atoms with Gasteiger partial charge in [-0.1, -0.05) is 42.5 Å². The van der Waals surface area contributed by atoms with Gasteiger partial charge in [-0.25, -0.2) is 4.98 Å². The van der Waals surface area contributed by atoms with Crippen LogP contribution in [0.1, 0.15) is 22.7 Å². The Morgan fingerprint density at radius 3 is 2.47 bits per heavy atom. The van der Waals surface area contributed by atoms with Gasteiger partial charge in [0, 0.05) is 30.1 Å². The van der Waals surface area contributed by atoms with E-state index in [0.29, 0.717) is 17.9 Å². The van der Waals surface area contributed by atoms with E-state index in [2.05, 4.69) is 31.9 Å². The molecule has 0 saturated heterocycles. The number of anilines is 1. The van der Waals surface area contributed by atoms with E-state index in [1.54, 1.807) is 36.8 Å². The van der Waals surface area contributed by atoms with Crippen LogP contribution in [0.2, 0.25) is 0 Å². The van der Waals surface area contributed by atoms with Crippen LogP contribution < -0.4 is 10.6 Å². The predicted octanol–water partition coefficient (Wildman–Crippen LogP) is 3.86. The van der Waals surface area contributed by atoms with E-state index >= 15 is 0 Å². The first-order valence-electron chi connectivity index (χ1n) is 10.3. The van der Waals surface area contributed by atoms with Gasteiger partial charge in [-0.15, -0.1) is 0 Å². The highest BCUT2D eigenvalue weighted by Gasteiger charge is 2.20. The monoisotopic (exact) mass is 422 g/mol. The van der Waals surface area contributed by atoms with Crippen LogP contribution in [0.25, 0.3) is 11.1 Å². The van der Waals surface area contributed by atoms with Gasteiger partial charge in [0.1, 0.15) is 11.9 Å². The molecule has 2 aromatic carbocycles. The molecule has 7 heteroatoms. The molecule has 2 heterocycles. The van der Waals surface area contributed by atoms with Gasteiger partial charge in [-0.3, -0.25) is 9.89 Å². The number of H-pyrrole nitrogens is 1. The number of nitriles is 1. The van der Waals surface area contributed by atoms with Crippen LogP contribution in [0.15, 0.2) is 85.3 Å². The molecule has 0 saturated carbocycles. The molecule has 32 heavy (non-hydrogen) atoms. The largest absolute Gasteiger partial charge is 0.309 e. The first kappa shape index (κ1) is 21.0. The molecular weight excluding hydrogens is 400 g/mol. The maximum atomic E-state index is 13.1. The van der Waals surface area contributed by atoms with E-state index in [-0.39, 0.29) is 5.91 Å². The van der Waals surface area contributed by atoms with Crippen molar-refractivity contribution in [3.05, 3.63) is 102 Å². The molecule has 0 spiro atoms. The number of pyridine rings is 1. The summed E-state index contributed by atoms with van der Waals surface area (Å²) in [6.07, 6.45) is 5.95. The summed E-state index contributed by atoms with van der Waals surface area (Å²) in [5.41, 5.74) is 4.45. The molecule has 0 unspecified atom stereocenters. The van der Waals surface area contributed by atoms with Gasteiger partial charge in [0.25, 0.3) is 0 Å². The van der Waals surface area contributed by atoms with Crippen molar-refractivity contribution >= 4 is 11.7 Å². The Morgan fingerprint density at radius 1 is 1.00 bits per heavy atom. The number of carbonyl (C=O) groups excluding carboxylic acids is 1. The third-order valence-electron chi connectivity index (χ3n) is 5.09. The highest BCUT2D eigenvalue weighted by atomic mass is 16.2. The van der Waals surface area contributed by atoms with Gasteiger partial charge in [-0.2, -0.15) is 10.4 Å². The fraction of sp³-hybridized carbons (Fsp3) is 0.120. The quantitative estimate of drug-likeness (QED) is 0.400. The molecule has 4 rings (SSSR count). The van der Waals surface area contributed by atoms with Crippen LogP contribution in [0.3, 0.4) is 0 Å². The van der Waals surface area contributed by atoms with E-state index in [1.807, 2.05) is 48.5 Å². The SMILES string of the molecule is N#Cc1ccc(CCN[C@@H](C(=O)Nc2ccc(-c3cn[nH]c3)cn2)c2ccccc2)cc1. The first-order valence-corrected chi connectivity index (χ1v) is 10.3. The summed E-state index contributed by atoms with van der Waals surface area (Å²) >= 11 is 0. The number of amides is 1. The molecule has 4 aromatic rings. The van der Waals surface area contributed by atoms with Crippen LogP contribution in [0.5, 0.6) is 0 Å². The Bertz CT molecular complexity index is 1180. The zero-order valence-electron chi connectivity index (χ0n) is 17.3. The maximum absolute atomic E-state index is 13.1. The minimum atomic E-state index is -0.523. The topological polar surface area (TPSA) is 106 Å². The Hall–Kier alpha value is -4.28. The second-order valence-corrected chi connectivity index (χ2v) is 7.26.